The molecule has 0 aliphatic heterocycles. The van der Waals surface area contributed by atoms with Gasteiger partial charge >= 0.3 is 0 Å². The molecule has 0 unspecified atom stereocenters. The van der Waals surface area contributed by atoms with Gasteiger partial charge < -0.3 is 38.9 Å². The van der Waals surface area contributed by atoms with E-state index in [1.54, 1.807) is 97.1 Å². The van der Waals surface area contributed by atoms with E-state index in [0.29, 0.717) is 44.5 Å². The molecule has 9 rings (SSSR count). The topological polar surface area (TPSA) is 220 Å². The number of para-hydroxylation sites is 4. The molecule has 0 radical (unpaired) electrons. The fraction of sp³-hybridized carbons (Fsp3) is 0.286. The van der Waals surface area contributed by atoms with Gasteiger partial charge in [0.15, 0.2) is 0 Å². The third kappa shape index (κ3) is 10.4. The summed E-state index contributed by atoms with van der Waals surface area (Å²) in [6.45, 7) is 22.6. The third-order valence-corrected chi connectivity index (χ3v) is 10.8. The maximum absolute atomic E-state index is 14.6. The lowest BCUT2D eigenvalue weighted by atomic mass is 10.1. The number of ether oxygens (including phenoxy) is 4. The zero-order chi connectivity index (χ0) is 51.7. The smallest absolute Gasteiger partial charge is 0.274 e. The van der Waals surface area contributed by atoms with Crippen LogP contribution in [0.2, 0.25) is 0 Å². The molecule has 0 aliphatic carbocycles. The summed E-state index contributed by atoms with van der Waals surface area (Å²) >= 11 is 0. The van der Waals surface area contributed by atoms with Crippen LogP contribution >= 0.6 is 0 Å². The van der Waals surface area contributed by atoms with E-state index in [4.69, 9.17) is 38.9 Å². The molecule has 0 saturated heterocycles. The SMILES string of the molecule is CC(C)(C)Oc1cc2nc3c(cccc13)[nH]c(=O)c1cc(OC(C)(C)C)c3cccc([nH]c(=O)c4cc(OC(C)(C)C)c5cccc([nH]c(=O)c6cc(OC(C)(C)C)c7cccc([nH]c2=O)c7n6)c5n4)c3n1. The molecule has 4 N–H and O–H groups in total. The Kier molecular flexibility index (Phi) is 12.0. The van der Waals surface area contributed by atoms with E-state index in [9.17, 15) is 19.2 Å². The van der Waals surface area contributed by atoms with Crippen molar-refractivity contribution in [1.29, 1.82) is 0 Å². The average molecular weight is 969 g/mol. The van der Waals surface area contributed by atoms with Crippen LogP contribution in [0.1, 0.15) is 83.1 Å². The fourth-order valence-corrected chi connectivity index (χ4v) is 8.14. The van der Waals surface area contributed by atoms with Crippen molar-refractivity contribution in [2.75, 3.05) is 0 Å². The van der Waals surface area contributed by atoms with Crippen molar-refractivity contribution in [2.24, 2.45) is 0 Å². The van der Waals surface area contributed by atoms with Crippen LogP contribution in [-0.4, -0.2) is 62.3 Å². The molecule has 5 aromatic heterocycles. The number of fused-ring (bicyclic) bond motifs is 4. The molecule has 0 amide bonds. The van der Waals surface area contributed by atoms with Crippen molar-refractivity contribution >= 4 is 87.7 Å². The summed E-state index contributed by atoms with van der Waals surface area (Å²) in [7, 11) is 0. The molecule has 0 aliphatic rings. The number of H-pyrrole nitrogens is 4. The highest BCUT2D eigenvalue weighted by Crippen LogP contribution is 2.34. The largest absolute Gasteiger partial charge is 0.487 e. The van der Waals surface area contributed by atoms with E-state index in [2.05, 4.69) is 19.9 Å². The highest BCUT2D eigenvalue weighted by molar-refractivity contribution is 6.01. The Labute approximate surface area is 412 Å². The van der Waals surface area contributed by atoms with Crippen LogP contribution in [0.3, 0.4) is 0 Å². The van der Waals surface area contributed by atoms with Gasteiger partial charge in [0.1, 0.15) is 67.5 Å². The molecule has 0 spiro atoms. The Bertz CT molecular complexity index is 3610. The molecule has 16 heteroatoms. The maximum Gasteiger partial charge on any atom is 0.274 e. The lowest BCUT2D eigenvalue weighted by Crippen LogP contribution is -2.23. The van der Waals surface area contributed by atoms with Gasteiger partial charge in [-0.25, -0.2) is 19.9 Å². The van der Waals surface area contributed by atoms with Gasteiger partial charge in [-0.3, -0.25) is 19.2 Å². The van der Waals surface area contributed by atoms with Crippen molar-refractivity contribution in [3.8, 4) is 23.0 Å². The highest BCUT2D eigenvalue weighted by Gasteiger charge is 2.21. The monoisotopic (exact) mass is 968 g/mol. The summed E-state index contributed by atoms with van der Waals surface area (Å²) in [5.74, 6) is 1.34. The predicted octanol–water partition coefficient (Wildman–Crippen LogP) is 10.8. The van der Waals surface area contributed by atoms with E-state index in [1.165, 1.54) is 0 Å². The van der Waals surface area contributed by atoms with E-state index < -0.39 is 44.6 Å². The number of rotatable bonds is 4. The van der Waals surface area contributed by atoms with Crippen LogP contribution in [-0.2, 0) is 0 Å². The highest BCUT2D eigenvalue weighted by atomic mass is 16.5. The Morgan fingerprint density at radius 2 is 0.514 bits per heavy atom. The lowest BCUT2D eigenvalue weighted by molar-refractivity contribution is 0.133. The molecule has 72 heavy (non-hydrogen) atoms. The summed E-state index contributed by atoms with van der Waals surface area (Å²) in [5, 5.41) is 2.07. The average Bonchev–Trinajstić information content (AvgIpc) is 3.27. The predicted molar refractivity (Wildman–Crippen MR) is 286 cm³/mol. The first-order valence-electron chi connectivity index (χ1n) is 23.5. The third-order valence-electron chi connectivity index (χ3n) is 10.8. The molecule has 0 saturated carbocycles. The fourth-order valence-electron chi connectivity index (χ4n) is 8.14. The van der Waals surface area contributed by atoms with Crippen molar-refractivity contribution < 1.29 is 18.9 Å². The van der Waals surface area contributed by atoms with E-state index in [0.717, 1.165) is 0 Å². The van der Waals surface area contributed by atoms with Gasteiger partial charge in [-0.05, 0) is 132 Å². The van der Waals surface area contributed by atoms with Crippen molar-refractivity contribution in [3.63, 3.8) is 0 Å². The summed E-state index contributed by atoms with van der Waals surface area (Å²) in [6, 6.07) is 27.0. The number of hydrogen-bond acceptors (Lipinski definition) is 12. The zero-order valence-corrected chi connectivity index (χ0v) is 42.3. The molecule has 8 bridgehead atoms. The maximum atomic E-state index is 14.6. The van der Waals surface area contributed by atoms with E-state index in [-0.39, 0.29) is 66.2 Å². The second kappa shape index (κ2) is 17.8. The van der Waals surface area contributed by atoms with Crippen LogP contribution in [0.15, 0.2) is 116 Å². The Hall–Kier alpha value is -8.40. The first-order chi connectivity index (χ1) is 33.8. The van der Waals surface area contributed by atoms with Crippen LogP contribution in [0, 0.1) is 0 Å². The van der Waals surface area contributed by atoms with Crippen LogP contribution in [0.4, 0.5) is 0 Å². The number of pyridine rings is 4. The van der Waals surface area contributed by atoms with Crippen molar-refractivity contribution in [1.82, 2.24) is 39.9 Å². The molecule has 5 heterocycles. The molecule has 16 nitrogen and oxygen atoms in total. The number of benzene rings is 4. The minimum Gasteiger partial charge on any atom is -0.487 e. The van der Waals surface area contributed by atoms with Gasteiger partial charge in [-0.15, -0.1) is 0 Å². The second-order valence-electron chi connectivity index (χ2n) is 21.5. The molecular weight excluding hydrogens is 913 g/mol. The van der Waals surface area contributed by atoms with Crippen molar-refractivity contribution in [2.45, 2.75) is 105 Å². The standard InChI is InChI=1S/C56H56N8O8/c1-53(2,3)69-41-25-37-49(65)62-34-22-14-18-30-43(71-55(7,8)9)27-39(59-46(30)34)51(67)64-36-24-16-20-32-44(72-56(10,11)12)28-40(60-48(32)36)52(68)63-35-23-15-19-31-42(70-54(4,5)6)26-38(58-47(31)35)50(66)61-33-21-13-17-29(41)45(33)57-37/h13-28H,1-12H3,(H,61,66)(H,62,65)(H,63,68)(H,64,67). The Morgan fingerprint density at radius 3 is 0.694 bits per heavy atom. The zero-order valence-electron chi connectivity index (χ0n) is 42.3. The number of aromatic amines is 4. The number of nitrogens with zero attached hydrogens (tertiary/aromatic N) is 4. The van der Waals surface area contributed by atoms with Gasteiger partial charge in [-0.2, -0.15) is 0 Å². The molecular formula is C56H56N8O8. The number of nitrogens with one attached hydrogen (secondary N) is 4. The van der Waals surface area contributed by atoms with Gasteiger partial charge in [0.25, 0.3) is 22.2 Å². The van der Waals surface area contributed by atoms with Crippen LogP contribution in [0.25, 0.3) is 87.7 Å². The number of hydrogen-bond donors (Lipinski definition) is 4. The van der Waals surface area contributed by atoms with Gasteiger partial charge in [0.05, 0.1) is 44.1 Å². The van der Waals surface area contributed by atoms with E-state index >= 15 is 0 Å². The van der Waals surface area contributed by atoms with Crippen LogP contribution in [0.5, 0.6) is 23.0 Å². The minimum atomic E-state index is -0.709. The second-order valence-corrected chi connectivity index (χ2v) is 21.5. The number of aromatic nitrogens is 8. The molecule has 368 valence electrons. The quantitative estimate of drug-likeness (QED) is 0.129. The van der Waals surface area contributed by atoms with Crippen LogP contribution < -0.4 is 41.2 Å². The molecule has 4 aromatic carbocycles. The molecule has 9 aromatic rings. The lowest BCUT2D eigenvalue weighted by Gasteiger charge is -2.22. The van der Waals surface area contributed by atoms with Gasteiger partial charge in [-0.1, -0.05) is 24.3 Å². The summed E-state index contributed by atoms with van der Waals surface area (Å²) < 4.78 is 25.8. The molecule has 0 atom stereocenters. The summed E-state index contributed by atoms with van der Waals surface area (Å²) in [5.41, 5.74) is -3.51. The van der Waals surface area contributed by atoms with Gasteiger partial charge in [0.2, 0.25) is 0 Å². The molecule has 0 fully saturated rings. The van der Waals surface area contributed by atoms with Crippen molar-refractivity contribution in [3.05, 3.63) is 138 Å². The Balaban J connectivity index is 1.52. The summed E-state index contributed by atoms with van der Waals surface area (Å²) in [4.78, 5) is 89.8. The minimum absolute atomic E-state index is 0.0438. The van der Waals surface area contributed by atoms with Gasteiger partial charge in [0, 0.05) is 45.8 Å². The normalized spacial score (nSPS) is 12.4. The van der Waals surface area contributed by atoms with E-state index in [1.807, 2.05) is 83.1 Å². The Morgan fingerprint density at radius 1 is 0.319 bits per heavy atom. The first-order valence-corrected chi connectivity index (χ1v) is 23.5. The summed E-state index contributed by atoms with van der Waals surface area (Å²) in [6.07, 6.45) is 0. The first kappa shape index (κ1) is 48.6.